The molecule has 1 unspecified atom stereocenters. The minimum atomic E-state index is 0.193. The largest absolute Gasteiger partial charge is 0.488 e. The van der Waals surface area contributed by atoms with Crippen molar-refractivity contribution in [1.82, 2.24) is 0 Å². The van der Waals surface area contributed by atoms with E-state index in [4.69, 9.17) is 16.3 Å². The van der Waals surface area contributed by atoms with Gasteiger partial charge >= 0.3 is 0 Å². The summed E-state index contributed by atoms with van der Waals surface area (Å²) in [6.07, 6.45) is 7.88. The van der Waals surface area contributed by atoms with Crippen LogP contribution in [0.25, 0.3) is 0 Å². The molecule has 0 bridgehead atoms. The number of fused-ring (bicyclic) bond motifs is 1. The molecular formula is C18H16BrClO. The van der Waals surface area contributed by atoms with Crippen LogP contribution in [0, 0.1) is 5.92 Å². The lowest BCUT2D eigenvalue weighted by molar-refractivity contribution is 0.271. The van der Waals surface area contributed by atoms with E-state index in [9.17, 15) is 0 Å². The number of benzene rings is 1. The van der Waals surface area contributed by atoms with E-state index >= 15 is 0 Å². The molecular weight excluding hydrogens is 348 g/mol. The average molecular weight is 364 g/mol. The van der Waals surface area contributed by atoms with Gasteiger partial charge in [0.25, 0.3) is 0 Å². The van der Waals surface area contributed by atoms with Crippen LogP contribution in [0.1, 0.15) is 29.9 Å². The maximum absolute atomic E-state index is 6.54. The lowest BCUT2D eigenvalue weighted by Gasteiger charge is -2.21. The molecule has 1 aliphatic heterocycles. The van der Waals surface area contributed by atoms with Crippen LogP contribution in [-0.2, 0) is 11.2 Å². The van der Waals surface area contributed by atoms with Crippen molar-refractivity contribution in [2.75, 3.05) is 6.61 Å². The van der Waals surface area contributed by atoms with Crippen molar-refractivity contribution in [2.24, 2.45) is 5.92 Å². The Balaban J connectivity index is 1.56. The second-order valence-electron chi connectivity index (χ2n) is 5.95. The molecule has 1 aromatic rings. The van der Waals surface area contributed by atoms with Gasteiger partial charge in [0.2, 0.25) is 0 Å². The summed E-state index contributed by atoms with van der Waals surface area (Å²) in [5.74, 6) is 1.86. The van der Waals surface area contributed by atoms with Gasteiger partial charge in [0, 0.05) is 16.0 Å². The van der Waals surface area contributed by atoms with E-state index in [-0.39, 0.29) is 5.92 Å². The number of hydrogen-bond donors (Lipinski definition) is 0. The zero-order valence-electron chi connectivity index (χ0n) is 11.6. The summed E-state index contributed by atoms with van der Waals surface area (Å²) in [7, 11) is 0. The third kappa shape index (κ3) is 2.60. The van der Waals surface area contributed by atoms with Gasteiger partial charge in [0.1, 0.15) is 12.4 Å². The van der Waals surface area contributed by atoms with Crippen LogP contribution in [0.4, 0.5) is 0 Å². The SMILES string of the molecule is ClC1=C2OCC=C2C(Br)=CC1Cc1ccc(C2CC2)cc1. The predicted octanol–water partition coefficient (Wildman–Crippen LogP) is 5.42. The minimum Gasteiger partial charge on any atom is -0.488 e. The molecule has 21 heavy (non-hydrogen) atoms. The standard InChI is InChI=1S/C18H16BrClO/c19-16-10-14(17(20)18-15(16)7-8-21-18)9-11-1-3-12(4-2-11)13-5-6-13/h1-4,7,10,13-14H,5-6,8-9H2. The highest BCUT2D eigenvalue weighted by Crippen LogP contribution is 2.43. The highest BCUT2D eigenvalue weighted by molar-refractivity contribution is 9.12. The van der Waals surface area contributed by atoms with Crippen molar-refractivity contribution in [2.45, 2.75) is 25.2 Å². The molecule has 0 amide bonds. The highest BCUT2D eigenvalue weighted by atomic mass is 79.9. The highest BCUT2D eigenvalue weighted by Gasteiger charge is 2.29. The van der Waals surface area contributed by atoms with E-state index in [1.807, 2.05) is 0 Å². The Morgan fingerprint density at radius 3 is 2.67 bits per heavy atom. The van der Waals surface area contributed by atoms with Crippen molar-refractivity contribution in [3.05, 3.63) is 68.4 Å². The van der Waals surface area contributed by atoms with E-state index < -0.39 is 0 Å². The first-order valence-electron chi connectivity index (χ1n) is 7.42. The van der Waals surface area contributed by atoms with Gasteiger partial charge in [-0.15, -0.1) is 0 Å². The maximum Gasteiger partial charge on any atom is 0.143 e. The van der Waals surface area contributed by atoms with Gasteiger partial charge in [-0.3, -0.25) is 0 Å². The fourth-order valence-electron chi connectivity index (χ4n) is 3.04. The predicted molar refractivity (Wildman–Crippen MR) is 89.5 cm³/mol. The molecule has 1 atom stereocenters. The zero-order valence-corrected chi connectivity index (χ0v) is 14.0. The van der Waals surface area contributed by atoms with Gasteiger partial charge in [-0.05, 0) is 42.4 Å². The second-order valence-corrected chi connectivity index (χ2v) is 7.21. The van der Waals surface area contributed by atoms with Crippen LogP contribution in [0.3, 0.4) is 0 Å². The number of rotatable bonds is 3. The molecule has 1 fully saturated rings. The normalized spacial score (nSPS) is 24.4. The van der Waals surface area contributed by atoms with Crippen LogP contribution in [0.2, 0.25) is 0 Å². The summed E-state index contributed by atoms with van der Waals surface area (Å²) in [6, 6.07) is 9.02. The second kappa shape index (κ2) is 5.33. The van der Waals surface area contributed by atoms with Crippen LogP contribution >= 0.6 is 27.5 Å². The molecule has 2 aliphatic carbocycles. The van der Waals surface area contributed by atoms with Crippen LogP contribution in [0.15, 0.2) is 57.3 Å². The van der Waals surface area contributed by atoms with E-state index in [0.717, 1.165) is 33.2 Å². The first-order chi connectivity index (χ1) is 10.2. The Kier molecular flexibility index (Phi) is 3.47. The van der Waals surface area contributed by atoms with Gasteiger partial charge in [-0.2, -0.15) is 0 Å². The molecule has 0 radical (unpaired) electrons. The Morgan fingerprint density at radius 1 is 1.19 bits per heavy atom. The van der Waals surface area contributed by atoms with Crippen LogP contribution in [0.5, 0.6) is 0 Å². The fourth-order valence-corrected chi connectivity index (χ4v) is 3.99. The molecule has 1 saturated carbocycles. The minimum absolute atomic E-state index is 0.193. The van der Waals surface area contributed by atoms with E-state index in [2.05, 4.69) is 52.3 Å². The molecule has 108 valence electrons. The summed E-state index contributed by atoms with van der Waals surface area (Å²) < 4.78 is 6.75. The lowest BCUT2D eigenvalue weighted by Crippen LogP contribution is -2.10. The van der Waals surface area contributed by atoms with E-state index in [1.165, 1.54) is 24.0 Å². The summed E-state index contributed by atoms with van der Waals surface area (Å²) in [5.41, 5.74) is 3.90. The molecule has 1 aromatic carbocycles. The maximum atomic E-state index is 6.54. The topological polar surface area (TPSA) is 9.23 Å². The molecule has 0 aromatic heterocycles. The number of hydrogen-bond acceptors (Lipinski definition) is 1. The Bertz CT molecular complexity index is 665. The Morgan fingerprint density at radius 2 is 1.95 bits per heavy atom. The fraction of sp³-hybridized carbons (Fsp3) is 0.333. The smallest absolute Gasteiger partial charge is 0.143 e. The first-order valence-corrected chi connectivity index (χ1v) is 8.59. The van der Waals surface area contributed by atoms with Crippen molar-refractivity contribution in [3.63, 3.8) is 0 Å². The Labute approximate surface area is 138 Å². The van der Waals surface area contributed by atoms with Crippen LogP contribution < -0.4 is 0 Å². The van der Waals surface area contributed by atoms with Gasteiger partial charge < -0.3 is 4.74 Å². The summed E-state index contributed by atoms with van der Waals surface area (Å²) in [6.45, 7) is 0.618. The van der Waals surface area contributed by atoms with Crippen molar-refractivity contribution >= 4 is 27.5 Å². The molecule has 3 heteroatoms. The van der Waals surface area contributed by atoms with Gasteiger partial charge in [0.15, 0.2) is 0 Å². The van der Waals surface area contributed by atoms with Gasteiger partial charge in [-0.1, -0.05) is 57.9 Å². The summed E-state index contributed by atoms with van der Waals surface area (Å²) >= 11 is 10.2. The summed E-state index contributed by atoms with van der Waals surface area (Å²) in [5, 5.41) is 0.827. The van der Waals surface area contributed by atoms with Crippen molar-refractivity contribution in [3.8, 4) is 0 Å². The Hall–Kier alpha value is -0.990. The number of ether oxygens (including phenoxy) is 1. The quantitative estimate of drug-likeness (QED) is 0.696. The molecule has 0 spiro atoms. The molecule has 0 N–H and O–H groups in total. The molecule has 0 saturated heterocycles. The molecule has 1 heterocycles. The van der Waals surface area contributed by atoms with Crippen molar-refractivity contribution in [1.29, 1.82) is 0 Å². The average Bonchev–Trinajstić information content (AvgIpc) is 3.21. The monoisotopic (exact) mass is 362 g/mol. The van der Waals surface area contributed by atoms with Crippen LogP contribution in [-0.4, -0.2) is 6.61 Å². The van der Waals surface area contributed by atoms with Gasteiger partial charge in [0.05, 0.1) is 5.03 Å². The number of allylic oxidation sites excluding steroid dienone is 3. The third-order valence-corrected chi connectivity index (χ3v) is 5.53. The molecule has 4 rings (SSSR count). The van der Waals surface area contributed by atoms with Crippen molar-refractivity contribution < 1.29 is 4.74 Å². The summed E-state index contributed by atoms with van der Waals surface area (Å²) in [4.78, 5) is 0. The number of halogens is 2. The lowest BCUT2D eigenvalue weighted by atomic mass is 9.92. The van der Waals surface area contributed by atoms with Gasteiger partial charge in [-0.25, -0.2) is 0 Å². The zero-order chi connectivity index (χ0) is 14.4. The first kappa shape index (κ1) is 13.7. The third-order valence-electron chi connectivity index (χ3n) is 4.39. The molecule has 3 aliphatic rings. The van der Waals surface area contributed by atoms with E-state index in [1.54, 1.807) is 0 Å². The molecule has 1 nitrogen and oxygen atoms in total. The van der Waals surface area contributed by atoms with E-state index in [0.29, 0.717) is 6.61 Å².